The standard InChI is InChI=1S/C16H9Cl3N2O2S2/c17-9-6-11(18)14(12(19)7-9)20-21-15(23)13(25-16(21)24)5-8-1-3-10(22)4-2-8/h1-7,20,22H/b13-5+. The van der Waals surface area contributed by atoms with Crippen LogP contribution in [-0.4, -0.2) is 20.3 Å². The Hall–Kier alpha value is -1.44. The van der Waals surface area contributed by atoms with E-state index in [2.05, 4.69) is 5.43 Å². The zero-order chi connectivity index (χ0) is 18.1. The van der Waals surface area contributed by atoms with Crippen molar-refractivity contribution < 1.29 is 9.90 Å². The summed E-state index contributed by atoms with van der Waals surface area (Å²) in [5, 5.41) is 11.5. The molecule has 128 valence electrons. The lowest BCUT2D eigenvalue weighted by molar-refractivity contribution is -0.121. The quantitative estimate of drug-likeness (QED) is 0.491. The SMILES string of the molecule is O=C1/C(=C\c2ccc(O)cc2)SC(=S)N1Nc1c(Cl)cc(Cl)cc1Cl. The van der Waals surface area contributed by atoms with Crippen molar-refractivity contribution in [1.29, 1.82) is 0 Å². The summed E-state index contributed by atoms with van der Waals surface area (Å²) < 4.78 is 0.317. The summed E-state index contributed by atoms with van der Waals surface area (Å²) in [6, 6.07) is 9.50. The summed E-state index contributed by atoms with van der Waals surface area (Å²) in [7, 11) is 0. The third-order valence-corrected chi connectivity index (χ3v) is 5.33. The molecule has 0 aliphatic carbocycles. The van der Waals surface area contributed by atoms with Gasteiger partial charge < -0.3 is 5.11 Å². The molecular weight excluding hydrogens is 423 g/mol. The number of anilines is 1. The van der Waals surface area contributed by atoms with Gasteiger partial charge in [0.15, 0.2) is 4.32 Å². The van der Waals surface area contributed by atoms with Crippen LogP contribution in [0.2, 0.25) is 15.1 Å². The number of halogens is 3. The number of thioether (sulfide) groups is 1. The van der Waals surface area contributed by atoms with Gasteiger partial charge in [-0.05, 0) is 48.1 Å². The molecule has 1 amide bonds. The molecule has 2 aromatic carbocycles. The van der Waals surface area contributed by atoms with Crippen molar-refractivity contribution in [3.63, 3.8) is 0 Å². The van der Waals surface area contributed by atoms with E-state index in [1.165, 1.54) is 29.3 Å². The predicted molar refractivity (Wildman–Crippen MR) is 108 cm³/mol. The summed E-state index contributed by atoms with van der Waals surface area (Å²) in [6.45, 7) is 0. The molecule has 1 aliphatic rings. The van der Waals surface area contributed by atoms with E-state index in [-0.39, 0.29) is 21.7 Å². The maximum Gasteiger partial charge on any atom is 0.285 e. The highest BCUT2D eigenvalue weighted by atomic mass is 35.5. The summed E-state index contributed by atoms with van der Waals surface area (Å²) in [5.41, 5.74) is 3.95. The number of hydrogen-bond acceptors (Lipinski definition) is 5. The normalized spacial score (nSPS) is 16.0. The van der Waals surface area contributed by atoms with E-state index in [9.17, 15) is 9.90 Å². The Labute approximate surface area is 168 Å². The second-order valence-corrected chi connectivity index (χ2v) is 7.89. The van der Waals surface area contributed by atoms with Crippen LogP contribution in [0.15, 0.2) is 41.3 Å². The maximum absolute atomic E-state index is 12.6. The van der Waals surface area contributed by atoms with Crippen molar-refractivity contribution in [1.82, 2.24) is 5.01 Å². The molecule has 1 saturated heterocycles. The Balaban J connectivity index is 1.86. The highest BCUT2D eigenvalue weighted by Gasteiger charge is 2.33. The molecule has 0 aromatic heterocycles. The largest absolute Gasteiger partial charge is 0.508 e. The van der Waals surface area contributed by atoms with Crippen LogP contribution in [0.25, 0.3) is 6.08 Å². The molecule has 9 heteroatoms. The molecule has 1 aliphatic heterocycles. The molecule has 0 atom stereocenters. The van der Waals surface area contributed by atoms with E-state index in [0.29, 0.717) is 19.9 Å². The van der Waals surface area contributed by atoms with E-state index in [1.54, 1.807) is 18.2 Å². The van der Waals surface area contributed by atoms with Gasteiger partial charge in [-0.2, -0.15) is 0 Å². The molecule has 0 spiro atoms. The van der Waals surface area contributed by atoms with Crippen LogP contribution in [0.5, 0.6) is 5.75 Å². The van der Waals surface area contributed by atoms with Gasteiger partial charge in [-0.1, -0.05) is 58.7 Å². The Morgan fingerprint density at radius 3 is 2.32 bits per heavy atom. The number of carbonyl (C=O) groups is 1. The molecule has 3 rings (SSSR count). The van der Waals surface area contributed by atoms with Crippen LogP contribution in [0.3, 0.4) is 0 Å². The number of nitrogens with zero attached hydrogens (tertiary/aromatic N) is 1. The molecule has 2 aromatic rings. The first kappa shape index (κ1) is 18.4. The topological polar surface area (TPSA) is 52.6 Å². The number of thiocarbonyl (C=S) groups is 1. The molecule has 0 bridgehead atoms. The van der Waals surface area contributed by atoms with E-state index >= 15 is 0 Å². The number of hydrogen-bond donors (Lipinski definition) is 2. The van der Waals surface area contributed by atoms with Gasteiger partial charge in [0.2, 0.25) is 0 Å². The van der Waals surface area contributed by atoms with Crippen LogP contribution >= 0.6 is 58.8 Å². The average molecular weight is 432 g/mol. The van der Waals surface area contributed by atoms with Crippen molar-refractivity contribution >= 4 is 80.8 Å². The van der Waals surface area contributed by atoms with Crippen LogP contribution < -0.4 is 5.43 Å². The number of hydrazine groups is 1. The highest BCUT2D eigenvalue weighted by molar-refractivity contribution is 8.26. The summed E-state index contributed by atoms with van der Waals surface area (Å²) in [5.74, 6) is -0.177. The molecule has 25 heavy (non-hydrogen) atoms. The third kappa shape index (κ3) is 4.04. The molecular formula is C16H9Cl3N2O2S2. The van der Waals surface area contributed by atoms with Gasteiger partial charge >= 0.3 is 0 Å². The van der Waals surface area contributed by atoms with Gasteiger partial charge in [-0.25, -0.2) is 5.01 Å². The number of phenolic OH excluding ortho intramolecular Hbond substituents is 1. The smallest absolute Gasteiger partial charge is 0.285 e. The first-order valence-corrected chi connectivity index (χ1v) is 9.19. The van der Waals surface area contributed by atoms with Gasteiger partial charge in [-0.3, -0.25) is 10.2 Å². The third-order valence-electron chi connectivity index (χ3n) is 3.22. The van der Waals surface area contributed by atoms with E-state index in [0.717, 1.165) is 17.3 Å². The van der Waals surface area contributed by atoms with Crippen LogP contribution in [-0.2, 0) is 4.79 Å². The zero-order valence-corrected chi connectivity index (χ0v) is 16.2. The zero-order valence-electron chi connectivity index (χ0n) is 12.3. The minimum atomic E-state index is -0.329. The van der Waals surface area contributed by atoms with Crippen molar-refractivity contribution in [2.75, 3.05) is 5.43 Å². The fraction of sp³-hybridized carbons (Fsp3) is 0. The molecule has 0 radical (unpaired) electrons. The molecule has 1 fully saturated rings. The second kappa shape index (κ2) is 7.43. The number of amides is 1. The van der Waals surface area contributed by atoms with Gasteiger partial charge in [0.25, 0.3) is 5.91 Å². The molecule has 0 unspecified atom stereocenters. The second-order valence-electron chi connectivity index (χ2n) is 4.96. The minimum Gasteiger partial charge on any atom is -0.508 e. The molecule has 4 nitrogen and oxygen atoms in total. The van der Waals surface area contributed by atoms with Gasteiger partial charge in [0.05, 0.1) is 20.6 Å². The van der Waals surface area contributed by atoms with Crippen molar-refractivity contribution in [3.8, 4) is 5.75 Å². The van der Waals surface area contributed by atoms with Gasteiger partial charge in [0.1, 0.15) is 5.75 Å². The lowest BCUT2D eigenvalue weighted by Gasteiger charge is -2.19. The molecule has 1 heterocycles. The maximum atomic E-state index is 12.6. The van der Waals surface area contributed by atoms with Crippen molar-refractivity contribution in [2.24, 2.45) is 0 Å². The number of carbonyl (C=O) groups excluding carboxylic acids is 1. The number of phenols is 1. The lowest BCUT2D eigenvalue weighted by atomic mass is 10.2. The minimum absolute atomic E-state index is 0.151. The van der Waals surface area contributed by atoms with Gasteiger partial charge in [0, 0.05) is 5.02 Å². The summed E-state index contributed by atoms with van der Waals surface area (Å²) in [4.78, 5) is 13.0. The van der Waals surface area contributed by atoms with Crippen LogP contribution in [0.1, 0.15) is 5.56 Å². The highest BCUT2D eigenvalue weighted by Crippen LogP contribution is 2.37. The first-order valence-electron chi connectivity index (χ1n) is 6.83. The van der Waals surface area contributed by atoms with E-state index < -0.39 is 0 Å². The summed E-state index contributed by atoms with van der Waals surface area (Å²) >= 11 is 24.6. The lowest BCUT2D eigenvalue weighted by Crippen LogP contribution is -2.34. The number of aromatic hydroxyl groups is 1. The Kier molecular flexibility index (Phi) is 5.46. The number of rotatable bonds is 3. The van der Waals surface area contributed by atoms with Crippen LogP contribution in [0, 0.1) is 0 Å². The fourth-order valence-electron chi connectivity index (χ4n) is 2.05. The number of benzene rings is 2. The first-order chi connectivity index (χ1) is 11.8. The van der Waals surface area contributed by atoms with Crippen molar-refractivity contribution in [3.05, 3.63) is 61.9 Å². The fourth-order valence-corrected chi connectivity index (χ4v) is 4.13. The Morgan fingerprint density at radius 2 is 1.72 bits per heavy atom. The average Bonchev–Trinajstić information content (AvgIpc) is 2.80. The van der Waals surface area contributed by atoms with Crippen LogP contribution in [0.4, 0.5) is 5.69 Å². The summed E-state index contributed by atoms with van der Waals surface area (Å²) in [6.07, 6.45) is 1.69. The van der Waals surface area contributed by atoms with Gasteiger partial charge in [-0.15, -0.1) is 0 Å². The Morgan fingerprint density at radius 1 is 1.12 bits per heavy atom. The number of nitrogens with one attached hydrogen (secondary N) is 1. The van der Waals surface area contributed by atoms with Crippen molar-refractivity contribution in [2.45, 2.75) is 0 Å². The molecule has 0 saturated carbocycles. The van der Waals surface area contributed by atoms with E-state index in [1.807, 2.05) is 0 Å². The Bertz CT molecular complexity index is 878. The van der Waals surface area contributed by atoms with E-state index in [4.69, 9.17) is 47.0 Å². The molecule has 2 N–H and O–H groups in total. The predicted octanol–water partition coefficient (Wildman–Crippen LogP) is 5.58. The monoisotopic (exact) mass is 430 g/mol.